The number of para-hydroxylation sites is 1. The van der Waals surface area contributed by atoms with Gasteiger partial charge in [0, 0.05) is 10.9 Å². The van der Waals surface area contributed by atoms with E-state index in [9.17, 15) is 4.79 Å². The summed E-state index contributed by atoms with van der Waals surface area (Å²) >= 11 is 1.84. The van der Waals surface area contributed by atoms with Crippen LogP contribution in [0.25, 0.3) is 0 Å². The van der Waals surface area contributed by atoms with Crippen LogP contribution in [-0.4, -0.2) is 29.1 Å². The predicted molar refractivity (Wildman–Crippen MR) is 80.6 cm³/mol. The van der Waals surface area contributed by atoms with Gasteiger partial charge >= 0.3 is 5.97 Å². The molecule has 1 aliphatic heterocycles. The van der Waals surface area contributed by atoms with Crippen molar-refractivity contribution in [2.24, 2.45) is 0 Å². The topological polar surface area (TPSA) is 38.3 Å². The number of anilines is 1. The van der Waals surface area contributed by atoms with Gasteiger partial charge in [0.25, 0.3) is 0 Å². The molecule has 104 valence electrons. The minimum absolute atomic E-state index is 0.126. The Morgan fingerprint density at radius 1 is 1.47 bits per heavy atom. The predicted octanol–water partition coefficient (Wildman–Crippen LogP) is 3.32. The van der Waals surface area contributed by atoms with Crippen LogP contribution in [-0.2, 0) is 9.53 Å². The van der Waals surface area contributed by atoms with Gasteiger partial charge in [-0.15, -0.1) is 0 Å². The van der Waals surface area contributed by atoms with E-state index >= 15 is 0 Å². The molecule has 0 saturated carbocycles. The number of rotatable bonds is 4. The zero-order valence-electron chi connectivity index (χ0n) is 11.5. The van der Waals surface area contributed by atoms with Gasteiger partial charge in [-0.1, -0.05) is 25.1 Å². The van der Waals surface area contributed by atoms with Crippen molar-refractivity contribution in [2.45, 2.75) is 37.5 Å². The Morgan fingerprint density at radius 3 is 2.84 bits per heavy atom. The molecule has 0 bridgehead atoms. The van der Waals surface area contributed by atoms with Gasteiger partial charge in [0.1, 0.15) is 5.54 Å². The zero-order valence-corrected chi connectivity index (χ0v) is 12.3. The number of nitrogens with one attached hydrogen (secondary N) is 1. The van der Waals surface area contributed by atoms with Crippen LogP contribution < -0.4 is 5.32 Å². The third-order valence-corrected chi connectivity index (χ3v) is 4.98. The fourth-order valence-electron chi connectivity index (χ4n) is 2.48. The van der Waals surface area contributed by atoms with Gasteiger partial charge in [0.05, 0.1) is 6.61 Å². The van der Waals surface area contributed by atoms with E-state index in [4.69, 9.17) is 4.74 Å². The molecule has 0 aliphatic carbocycles. The molecular formula is C15H21NO2S. The highest BCUT2D eigenvalue weighted by molar-refractivity contribution is 8.00. The lowest BCUT2D eigenvalue weighted by atomic mass is 9.89. The molecule has 1 saturated heterocycles. The summed E-state index contributed by atoms with van der Waals surface area (Å²) in [4.78, 5) is 12.4. The minimum Gasteiger partial charge on any atom is -0.464 e. The largest absolute Gasteiger partial charge is 0.464 e. The van der Waals surface area contributed by atoms with Gasteiger partial charge in [-0.05, 0) is 37.7 Å². The average Bonchev–Trinajstić information content (AvgIpc) is 2.43. The van der Waals surface area contributed by atoms with E-state index in [0.29, 0.717) is 6.61 Å². The van der Waals surface area contributed by atoms with E-state index in [1.807, 2.05) is 49.0 Å². The summed E-state index contributed by atoms with van der Waals surface area (Å²) in [6.45, 7) is 4.39. The summed E-state index contributed by atoms with van der Waals surface area (Å²) in [6, 6.07) is 9.91. The van der Waals surface area contributed by atoms with Gasteiger partial charge in [-0.25, -0.2) is 4.79 Å². The van der Waals surface area contributed by atoms with Crippen LogP contribution in [0.3, 0.4) is 0 Å². The van der Waals surface area contributed by atoms with Crippen LogP contribution in [0, 0.1) is 0 Å². The summed E-state index contributed by atoms with van der Waals surface area (Å²) in [5.41, 5.74) is 0.380. The number of benzene rings is 1. The lowest BCUT2D eigenvalue weighted by Gasteiger charge is -2.41. The summed E-state index contributed by atoms with van der Waals surface area (Å²) in [6.07, 6.45) is 1.86. The quantitative estimate of drug-likeness (QED) is 0.858. The molecule has 19 heavy (non-hydrogen) atoms. The highest BCUT2D eigenvalue weighted by Gasteiger charge is 2.46. The molecule has 0 spiro atoms. The van der Waals surface area contributed by atoms with E-state index in [0.717, 1.165) is 24.3 Å². The van der Waals surface area contributed by atoms with Crippen molar-refractivity contribution in [1.29, 1.82) is 0 Å². The van der Waals surface area contributed by atoms with Gasteiger partial charge in [0.2, 0.25) is 0 Å². The summed E-state index contributed by atoms with van der Waals surface area (Å²) in [5.74, 6) is 0.984. The van der Waals surface area contributed by atoms with Crippen molar-refractivity contribution in [3.05, 3.63) is 30.3 Å². The maximum absolute atomic E-state index is 12.4. The number of ether oxygens (including phenoxy) is 1. The summed E-state index contributed by atoms with van der Waals surface area (Å²) < 4.78 is 5.31. The standard InChI is InChI=1S/C15H21NO2S/c1-3-18-14(17)15(10-7-11-19-12(15)2)16-13-8-5-4-6-9-13/h4-6,8-9,12,16H,3,7,10-11H2,1-2H3. The number of esters is 1. The van der Waals surface area contributed by atoms with Crippen LogP contribution in [0.5, 0.6) is 0 Å². The lowest BCUT2D eigenvalue weighted by Crippen LogP contribution is -2.56. The van der Waals surface area contributed by atoms with Crippen molar-refractivity contribution in [3.63, 3.8) is 0 Å². The smallest absolute Gasteiger partial charge is 0.332 e. The van der Waals surface area contributed by atoms with Crippen molar-refractivity contribution >= 4 is 23.4 Å². The lowest BCUT2D eigenvalue weighted by molar-refractivity contribution is -0.148. The normalized spacial score (nSPS) is 26.7. The highest BCUT2D eigenvalue weighted by Crippen LogP contribution is 2.37. The van der Waals surface area contributed by atoms with E-state index in [1.165, 1.54) is 0 Å². The Kier molecular flexibility index (Phi) is 4.75. The van der Waals surface area contributed by atoms with Gasteiger partial charge < -0.3 is 10.1 Å². The molecule has 0 aromatic heterocycles. The fraction of sp³-hybridized carbons (Fsp3) is 0.533. The first-order valence-electron chi connectivity index (χ1n) is 6.81. The second-order valence-electron chi connectivity index (χ2n) is 4.80. The maximum Gasteiger partial charge on any atom is 0.332 e. The Balaban J connectivity index is 2.25. The number of thioether (sulfide) groups is 1. The Hall–Kier alpha value is -1.16. The van der Waals surface area contributed by atoms with E-state index < -0.39 is 5.54 Å². The molecular weight excluding hydrogens is 258 g/mol. The molecule has 1 aromatic rings. The second-order valence-corrected chi connectivity index (χ2v) is 6.25. The molecule has 2 unspecified atom stereocenters. The first kappa shape index (κ1) is 14.3. The third kappa shape index (κ3) is 3.06. The maximum atomic E-state index is 12.4. The number of carbonyl (C=O) groups is 1. The molecule has 2 atom stereocenters. The zero-order chi connectivity index (χ0) is 13.7. The first-order valence-corrected chi connectivity index (χ1v) is 7.86. The van der Waals surface area contributed by atoms with Crippen molar-refractivity contribution in [1.82, 2.24) is 0 Å². The van der Waals surface area contributed by atoms with Crippen LogP contribution in [0.2, 0.25) is 0 Å². The molecule has 1 fully saturated rings. The molecule has 1 heterocycles. The van der Waals surface area contributed by atoms with Gasteiger partial charge in [-0.2, -0.15) is 11.8 Å². The highest BCUT2D eigenvalue weighted by atomic mass is 32.2. The Bertz CT molecular complexity index is 423. The monoisotopic (exact) mass is 279 g/mol. The van der Waals surface area contributed by atoms with Gasteiger partial charge in [-0.3, -0.25) is 0 Å². The molecule has 3 nitrogen and oxygen atoms in total. The van der Waals surface area contributed by atoms with Crippen molar-refractivity contribution in [2.75, 3.05) is 17.7 Å². The number of hydrogen-bond donors (Lipinski definition) is 1. The average molecular weight is 279 g/mol. The first-order chi connectivity index (χ1) is 9.19. The van der Waals surface area contributed by atoms with Crippen LogP contribution in [0.1, 0.15) is 26.7 Å². The summed E-state index contributed by atoms with van der Waals surface area (Å²) in [5, 5.41) is 3.64. The molecule has 1 N–H and O–H groups in total. The Morgan fingerprint density at radius 2 is 2.21 bits per heavy atom. The Labute approximate surface area is 119 Å². The fourth-order valence-corrected chi connectivity index (χ4v) is 3.70. The third-order valence-electron chi connectivity index (χ3n) is 3.56. The molecule has 0 amide bonds. The molecule has 1 aromatic carbocycles. The van der Waals surface area contributed by atoms with Crippen LogP contribution in [0.4, 0.5) is 5.69 Å². The molecule has 0 radical (unpaired) electrons. The van der Waals surface area contributed by atoms with Crippen molar-refractivity contribution < 1.29 is 9.53 Å². The second kappa shape index (κ2) is 6.33. The number of hydrogen-bond acceptors (Lipinski definition) is 4. The number of carbonyl (C=O) groups excluding carboxylic acids is 1. The van der Waals surface area contributed by atoms with E-state index in [-0.39, 0.29) is 11.2 Å². The van der Waals surface area contributed by atoms with Crippen molar-refractivity contribution in [3.8, 4) is 0 Å². The van der Waals surface area contributed by atoms with E-state index in [2.05, 4.69) is 12.2 Å². The molecule has 4 heteroatoms. The van der Waals surface area contributed by atoms with Gasteiger partial charge in [0.15, 0.2) is 0 Å². The molecule has 1 aliphatic rings. The summed E-state index contributed by atoms with van der Waals surface area (Å²) in [7, 11) is 0. The molecule has 2 rings (SSSR count). The van der Waals surface area contributed by atoms with E-state index in [1.54, 1.807) is 0 Å². The SMILES string of the molecule is CCOC(=O)C1(Nc2ccccc2)CCCSC1C. The minimum atomic E-state index is -0.597. The van der Waals surface area contributed by atoms with Crippen LogP contribution in [0.15, 0.2) is 30.3 Å². The van der Waals surface area contributed by atoms with Crippen LogP contribution >= 0.6 is 11.8 Å².